The minimum absolute atomic E-state index is 0.217. The average Bonchev–Trinajstić information content (AvgIpc) is 3.17. The predicted molar refractivity (Wildman–Crippen MR) is 149 cm³/mol. The molecule has 0 spiro atoms. The van der Waals surface area contributed by atoms with Crippen molar-refractivity contribution < 1.29 is 4.79 Å². The van der Waals surface area contributed by atoms with E-state index in [2.05, 4.69) is 92.2 Å². The molecule has 182 valence electrons. The van der Waals surface area contributed by atoms with Gasteiger partial charge in [-0.25, -0.2) is 5.43 Å². The van der Waals surface area contributed by atoms with Crippen molar-refractivity contribution in [1.29, 1.82) is 0 Å². The van der Waals surface area contributed by atoms with Gasteiger partial charge in [0.2, 0.25) is 0 Å². The zero-order valence-corrected chi connectivity index (χ0v) is 22.1. The molecular formula is C30H29BrN4O. The monoisotopic (exact) mass is 540 g/mol. The number of halogens is 1. The lowest BCUT2D eigenvalue weighted by Gasteiger charge is -2.28. The highest BCUT2D eigenvalue weighted by Gasteiger charge is 2.16. The van der Waals surface area contributed by atoms with E-state index in [1.165, 1.54) is 16.7 Å². The van der Waals surface area contributed by atoms with Crippen LogP contribution in [0.2, 0.25) is 0 Å². The van der Waals surface area contributed by atoms with Gasteiger partial charge in [0.1, 0.15) is 0 Å². The van der Waals surface area contributed by atoms with Gasteiger partial charge in [-0.1, -0.05) is 58.4 Å². The molecule has 5 nitrogen and oxygen atoms in total. The lowest BCUT2D eigenvalue weighted by Crippen LogP contribution is -2.30. The zero-order valence-electron chi connectivity index (χ0n) is 20.5. The molecule has 1 aliphatic heterocycles. The smallest absolute Gasteiger partial charge is 0.271 e. The first-order valence-electron chi connectivity index (χ1n) is 12.1. The van der Waals surface area contributed by atoms with Crippen LogP contribution in [0, 0.1) is 13.8 Å². The molecule has 36 heavy (non-hydrogen) atoms. The standard InChI is InChI=1S/C30H29BrN4O/c1-21-16-27(22(2)35(21)29-9-5-8-28(31)17-29)18-32-33-30(36)25-12-10-23(11-13-25)19-34-15-14-24-6-3-4-7-26(24)20-34/h3-13,16-18H,14-15,19-20H2,1-2H3,(H,33,36)/b32-18-. The van der Waals surface area contributed by atoms with Gasteiger partial charge in [-0.15, -0.1) is 0 Å². The van der Waals surface area contributed by atoms with Crippen LogP contribution in [0.3, 0.4) is 0 Å². The summed E-state index contributed by atoms with van der Waals surface area (Å²) in [4.78, 5) is 15.1. The maximum absolute atomic E-state index is 12.6. The number of benzene rings is 3. The first-order chi connectivity index (χ1) is 17.5. The molecule has 0 atom stereocenters. The topological polar surface area (TPSA) is 49.6 Å². The van der Waals surface area contributed by atoms with E-state index >= 15 is 0 Å². The number of hydrogen-bond acceptors (Lipinski definition) is 3. The van der Waals surface area contributed by atoms with E-state index in [0.29, 0.717) is 5.56 Å². The van der Waals surface area contributed by atoms with Crippen LogP contribution < -0.4 is 5.43 Å². The van der Waals surface area contributed by atoms with E-state index in [4.69, 9.17) is 0 Å². The number of hydrazone groups is 1. The Morgan fingerprint density at radius 3 is 2.56 bits per heavy atom. The van der Waals surface area contributed by atoms with Crippen LogP contribution in [0.15, 0.2) is 88.4 Å². The number of carbonyl (C=O) groups excluding carboxylic acids is 1. The number of fused-ring (bicyclic) bond motifs is 1. The Labute approximate surface area is 220 Å². The summed E-state index contributed by atoms with van der Waals surface area (Å²) in [5, 5.41) is 4.23. The summed E-state index contributed by atoms with van der Waals surface area (Å²) in [6.45, 7) is 7.01. The van der Waals surface area contributed by atoms with E-state index < -0.39 is 0 Å². The van der Waals surface area contributed by atoms with Crippen molar-refractivity contribution in [3.8, 4) is 5.69 Å². The van der Waals surface area contributed by atoms with Crippen LogP contribution in [0.1, 0.15) is 44.0 Å². The highest BCUT2D eigenvalue weighted by molar-refractivity contribution is 9.10. The Morgan fingerprint density at radius 1 is 1.00 bits per heavy atom. The molecule has 0 unspecified atom stereocenters. The number of nitrogens with one attached hydrogen (secondary N) is 1. The van der Waals surface area contributed by atoms with Gasteiger partial charge in [-0.05, 0) is 73.4 Å². The molecule has 1 N–H and O–H groups in total. The molecule has 0 aliphatic carbocycles. The summed E-state index contributed by atoms with van der Waals surface area (Å²) < 4.78 is 3.20. The van der Waals surface area contributed by atoms with Crippen molar-refractivity contribution in [2.75, 3.05) is 6.54 Å². The molecule has 4 aromatic rings. The molecule has 0 bridgehead atoms. The van der Waals surface area contributed by atoms with E-state index in [1.54, 1.807) is 6.21 Å². The summed E-state index contributed by atoms with van der Waals surface area (Å²) in [5.41, 5.74) is 11.5. The average molecular weight is 541 g/mol. The zero-order chi connectivity index (χ0) is 25.1. The largest absolute Gasteiger partial charge is 0.318 e. The first-order valence-corrected chi connectivity index (χ1v) is 12.9. The number of aryl methyl sites for hydroxylation is 1. The van der Waals surface area contributed by atoms with E-state index in [1.807, 2.05) is 36.4 Å². The van der Waals surface area contributed by atoms with Gasteiger partial charge in [0.15, 0.2) is 0 Å². The second kappa shape index (κ2) is 10.6. The molecule has 1 amide bonds. The minimum atomic E-state index is -0.217. The van der Waals surface area contributed by atoms with Crippen molar-refractivity contribution in [2.45, 2.75) is 33.4 Å². The summed E-state index contributed by atoms with van der Waals surface area (Å²) in [6.07, 6.45) is 2.79. The van der Waals surface area contributed by atoms with Gasteiger partial charge in [-0.3, -0.25) is 9.69 Å². The second-order valence-electron chi connectivity index (χ2n) is 9.27. The highest BCUT2D eigenvalue weighted by atomic mass is 79.9. The van der Waals surface area contributed by atoms with Gasteiger partial charge in [0.05, 0.1) is 6.21 Å². The maximum atomic E-state index is 12.6. The molecule has 6 heteroatoms. The molecule has 0 saturated carbocycles. The van der Waals surface area contributed by atoms with Gasteiger partial charge >= 0.3 is 0 Å². The summed E-state index contributed by atoms with van der Waals surface area (Å²) in [6, 6.07) is 26.7. The predicted octanol–water partition coefficient (Wildman–Crippen LogP) is 6.18. The normalized spacial score (nSPS) is 13.6. The van der Waals surface area contributed by atoms with Crippen molar-refractivity contribution >= 4 is 28.1 Å². The minimum Gasteiger partial charge on any atom is -0.318 e. The van der Waals surface area contributed by atoms with Crippen LogP contribution in [0.5, 0.6) is 0 Å². The maximum Gasteiger partial charge on any atom is 0.271 e. The second-order valence-corrected chi connectivity index (χ2v) is 10.2. The summed E-state index contributed by atoms with van der Waals surface area (Å²) in [7, 11) is 0. The van der Waals surface area contributed by atoms with Crippen LogP contribution in [-0.2, 0) is 19.5 Å². The Balaban J connectivity index is 1.20. The summed E-state index contributed by atoms with van der Waals surface area (Å²) in [5.74, 6) is -0.217. The molecule has 0 radical (unpaired) electrons. The van der Waals surface area contributed by atoms with Gasteiger partial charge in [-0.2, -0.15) is 5.10 Å². The van der Waals surface area contributed by atoms with E-state index in [-0.39, 0.29) is 5.91 Å². The molecule has 0 saturated heterocycles. The van der Waals surface area contributed by atoms with Gasteiger partial charge < -0.3 is 4.57 Å². The molecule has 1 aliphatic rings. The molecule has 2 heterocycles. The van der Waals surface area contributed by atoms with Crippen LogP contribution in [0.25, 0.3) is 5.69 Å². The molecule has 0 fully saturated rings. The van der Waals surface area contributed by atoms with Gasteiger partial charge in [0.25, 0.3) is 5.91 Å². The SMILES string of the molecule is Cc1cc(/C=N\NC(=O)c2ccc(CN3CCc4ccccc4C3)cc2)c(C)n1-c1cccc(Br)c1. The van der Waals surface area contributed by atoms with Crippen molar-refractivity contribution in [2.24, 2.45) is 5.10 Å². The molecular weight excluding hydrogens is 512 g/mol. The van der Waals surface area contributed by atoms with Crippen LogP contribution in [0.4, 0.5) is 0 Å². The number of rotatable bonds is 6. The molecule has 3 aromatic carbocycles. The Kier molecular flexibility index (Phi) is 7.16. The van der Waals surface area contributed by atoms with E-state index in [0.717, 1.165) is 53.2 Å². The fourth-order valence-electron chi connectivity index (χ4n) is 4.86. The third kappa shape index (κ3) is 5.35. The third-order valence-electron chi connectivity index (χ3n) is 6.74. The first kappa shape index (κ1) is 24.2. The number of carbonyl (C=O) groups is 1. The number of hydrogen-bond donors (Lipinski definition) is 1. The Morgan fingerprint density at radius 2 is 1.78 bits per heavy atom. The number of amides is 1. The number of nitrogens with zero attached hydrogens (tertiary/aromatic N) is 3. The Hall–Kier alpha value is -3.48. The summed E-state index contributed by atoms with van der Waals surface area (Å²) >= 11 is 3.54. The quantitative estimate of drug-likeness (QED) is 0.234. The van der Waals surface area contributed by atoms with Gasteiger partial charge in [0, 0.05) is 52.3 Å². The lowest BCUT2D eigenvalue weighted by molar-refractivity contribution is 0.0955. The Bertz CT molecular complexity index is 1420. The molecule has 5 rings (SSSR count). The fourth-order valence-corrected chi connectivity index (χ4v) is 5.25. The number of aromatic nitrogens is 1. The van der Waals surface area contributed by atoms with Crippen LogP contribution in [-0.4, -0.2) is 28.1 Å². The lowest BCUT2D eigenvalue weighted by atomic mass is 9.99. The van der Waals surface area contributed by atoms with Crippen molar-refractivity contribution in [3.05, 3.63) is 123 Å². The van der Waals surface area contributed by atoms with Crippen molar-refractivity contribution in [3.63, 3.8) is 0 Å². The van der Waals surface area contributed by atoms with E-state index in [9.17, 15) is 4.79 Å². The third-order valence-corrected chi connectivity index (χ3v) is 7.23. The van der Waals surface area contributed by atoms with Crippen molar-refractivity contribution in [1.82, 2.24) is 14.9 Å². The van der Waals surface area contributed by atoms with Crippen LogP contribution >= 0.6 is 15.9 Å². The highest BCUT2D eigenvalue weighted by Crippen LogP contribution is 2.23. The fraction of sp³-hybridized carbons (Fsp3) is 0.200. The molecule has 1 aromatic heterocycles.